The third kappa shape index (κ3) is 4.43. The first kappa shape index (κ1) is 24.9. The predicted molar refractivity (Wildman–Crippen MR) is 130 cm³/mol. The molecule has 1 aliphatic heterocycles. The number of amides is 2. The number of hydrogen-bond donors (Lipinski definition) is 2. The second kappa shape index (κ2) is 9.47. The summed E-state index contributed by atoms with van der Waals surface area (Å²) in [6.07, 6.45) is 0. The number of para-hydroxylation sites is 1. The van der Waals surface area contributed by atoms with E-state index in [4.69, 9.17) is 20.9 Å². The van der Waals surface area contributed by atoms with Gasteiger partial charge in [-0.25, -0.2) is 22.8 Å². The van der Waals surface area contributed by atoms with Gasteiger partial charge in [-0.1, -0.05) is 28.9 Å². The number of carbonyl (C=O) groups is 3. The number of imide groups is 1. The Labute approximate surface area is 210 Å². The van der Waals surface area contributed by atoms with E-state index in [2.05, 4.69) is 15.2 Å². The number of nitrogens with one attached hydrogen (secondary N) is 2. The van der Waals surface area contributed by atoms with Crippen molar-refractivity contribution in [3.63, 3.8) is 0 Å². The molecule has 0 spiro atoms. The molecule has 36 heavy (non-hydrogen) atoms. The number of nitrogens with zero attached hydrogens (tertiary/aromatic N) is 2. The number of sulfonamides is 1. The minimum absolute atomic E-state index is 0.00617. The van der Waals surface area contributed by atoms with Gasteiger partial charge < -0.3 is 14.6 Å². The van der Waals surface area contributed by atoms with Crippen LogP contribution in [0.5, 0.6) is 0 Å². The highest BCUT2D eigenvalue weighted by atomic mass is 35.5. The number of carbonyl (C=O) groups excluding carboxylic acids is 3. The molecule has 3 aromatic rings. The lowest BCUT2D eigenvalue weighted by Crippen LogP contribution is -2.33. The van der Waals surface area contributed by atoms with Gasteiger partial charge in [-0.2, -0.15) is 0 Å². The third-order valence-electron chi connectivity index (χ3n) is 5.40. The van der Waals surface area contributed by atoms with Gasteiger partial charge in [0.15, 0.2) is 0 Å². The average Bonchev–Trinajstić information content (AvgIpc) is 3.28. The monoisotopic (exact) mass is 530 g/mol. The number of methoxy groups -OCH3 is 1. The Kier molecular flexibility index (Phi) is 6.57. The molecule has 0 aliphatic carbocycles. The number of aromatic nitrogens is 1. The highest BCUT2D eigenvalue weighted by Crippen LogP contribution is 2.32. The zero-order valence-electron chi connectivity index (χ0n) is 19.2. The van der Waals surface area contributed by atoms with E-state index >= 15 is 0 Å². The number of halogens is 1. The first-order valence-corrected chi connectivity index (χ1v) is 12.2. The van der Waals surface area contributed by atoms with Crippen molar-refractivity contribution in [2.75, 3.05) is 22.0 Å². The number of aryl methyl sites for hydroxylation is 1. The maximum absolute atomic E-state index is 13.1. The molecule has 2 N–H and O–H groups in total. The number of benzene rings is 2. The van der Waals surface area contributed by atoms with Gasteiger partial charge in [0.2, 0.25) is 5.88 Å². The van der Waals surface area contributed by atoms with Gasteiger partial charge in [-0.05, 0) is 50.2 Å². The molecule has 0 saturated carbocycles. The van der Waals surface area contributed by atoms with Crippen molar-refractivity contribution in [3.8, 4) is 0 Å². The minimum atomic E-state index is -3.98. The summed E-state index contributed by atoms with van der Waals surface area (Å²) in [5.41, 5.74) is 1.19. The van der Waals surface area contributed by atoms with Gasteiger partial charge in [0.05, 0.1) is 29.0 Å². The predicted octanol–water partition coefficient (Wildman–Crippen LogP) is 3.31. The summed E-state index contributed by atoms with van der Waals surface area (Å²) < 4.78 is 37.4. The molecular weight excluding hydrogens is 512 g/mol. The van der Waals surface area contributed by atoms with E-state index in [1.54, 1.807) is 26.0 Å². The lowest BCUT2D eigenvalue weighted by atomic mass is 10.1. The number of anilines is 3. The Morgan fingerprint density at radius 1 is 1.06 bits per heavy atom. The van der Waals surface area contributed by atoms with Gasteiger partial charge in [0, 0.05) is 11.3 Å². The van der Waals surface area contributed by atoms with Gasteiger partial charge in [-0.15, -0.1) is 0 Å². The molecule has 1 aromatic heterocycles. The van der Waals surface area contributed by atoms with Gasteiger partial charge in [0.25, 0.3) is 21.8 Å². The van der Waals surface area contributed by atoms with Crippen LogP contribution in [0.1, 0.15) is 21.6 Å². The summed E-state index contributed by atoms with van der Waals surface area (Å²) >= 11 is 6.16. The van der Waals surface area contributed by atoms with Gasteiger partial charge in [0.1, 0.15) is 10.7 Å². The maximum atomic E-state index is 13.1. The van der Waals surface area contributed by atoms with Crippen molar-refractivity contribution in [2.24, 2.45) is 0 Å². The summed E-state index contributed by atoms with van der Waals surface area (Å²) in [6.45, 7) is 3.35. The SMILES string of the molecule is COC(=O)c1ccccc1N1C(=O)C(Cl)=C(Nc2ccc(S(=O)(=O)Nc3onc(C)c3C)cc2)C1=O. The molecule has 13 heteroatoms. The lowest BCUT2D eigenvalue weighted by molar-refractivity contribution is -0.120. The van der Waals surface area contributed by atoms with E-state index in [-0.39, 0.29) is 33.4 Å². The third-order valence-corrected chi connectivity index (χ3v) is 7.09. The van der Waals surface area contributed by atoms with E-state index in [1.165, 1.54) is 43.5 Å². The average molecular weight is 531 g/mol. The molecule has 186 valence electrons. The number of esters is 1. The fourth-order valence-electron chi connectivity index (χ4n) is 3.33. The van der Waals surface area contributed by atoms with Crippen LogP contribution in [0.2, 0.25) is 0 Å². The summed E-state index contributed by atoms with van der Waals surface area (Å²) in [5.74, 6) is -2.35. The van der Waals surface area contributed by atoms with Crippen LogP contribution in [0.25, 0.3) is 0 Å². The quantitative estimate of drug-likeness (QED) is 0.346. The number of rotatable bonds is 7. The van der Waals surface area contributed by atoms with Gasteiger partial charge in [-0.3, -0.25) is 9.59 Å². The first-order valence-electron chi connectivity index (χ1n) is 10.3. The van der Waals surface area contributed by atoms with Crippen LogP contribution < -0.4 is 14.9 Å². The zero-order chi connectivity index (χ0) is 26.2. The molecule has 2 amide bonds. The molecule has 0 saturated heterocycles. The Morgan fingerprint density at radius 2 is 1.72 bits per heavy atom. The number of hydrogen-bond acceptors (Lipinski definition) is 9. The highest BCUT2D eigenvalue weighted by Gasteiger charge is 2.40. The smallest absolute Gasteiger partial charge is 0.339 e. The van der Waals surface area contributed by atoms with Crippen LogP contribution in [0, 0.1) is 13.8 Å². The van der Waals surface area contributed by atoms with Crippen molar-refractivity contribution in [2.45, 2.75) is 18.7 Å². The fourth-order valence-corrected chi connectivity index (χ4v) is 4.59. The molecule has 11 nitrogen and oxygen atoms in total. The molecule has 2 aromatic carbocycles. The minimum Gasteiger partial charge on any atom is -0.465 e. The fraction of sp³-hybridized carbons (Fsp3) is 0.130. The Morgan fingerprint density at radius 3 is 2.33 bits per heavy atom. The van der Waals surface area contributed by atoms with Gasteiger partial charge >= 0.3 is 5.97 Å². The van der Waals surface area contributed by atoms with E-state index < -0.39 is 32.8 Å². The standard InChI is InChI=1S/C23H19ClN4O7S/c1-12-13(2)26-35-20(12)27-36(32,33)15-10-8-14(9-11-15)25-19-18(24)21(29)28(22(19)30)17-7-5-4-6-16(17)23(31)34-3/h4-11,25,27H,1-3H3. The lowest BCUT2D eigenvalue weighted by Gasteiger charge is -2.18. The summed E-state index contributed by atoms with van der Waals surface area (Å²) in [5, 5.41) is 6.07. The van der Waals surface area contributed by atoms with Crippen LogP contribution in [0.4, 0.5) is 17.3 Å². The summed E-state index contributed by atoms with van der Waals surface area (Å²) in [4.78, 5) is 38.7. The van der Waals surface area contributed by atoms with Crippen LogP contribution in [-0.4, -0.2) is 38.5 Å². The highest BCUT2D eigenvalue weighted by molar-refractivity contribution is 7.92. The van der Waals surface area contributed by atoms with E-state index in [0.29, 0.717) is 11.3 Å². The second-order valence-electron chi connectivity index (χ2n) is 7.62. The molecule has 0 unspecified atom stereocenters. The molecule has 2 heterocycles. The van der Waals surface area contributed by atoms with Crippen molar-refractivity contribution in [1.29, 1.82) is 0 Å². The zero-order valence-corrected chi connectivity index (χ0v) is 20.7. The van der Waals surface area contributed by atoms with E-state index in [1.807, 2.05) is 0 Å². The Hall–Kier alpha value is -4.16. The van der Waals surface area contributed by atoms with Crippen LogP contribution in [0.15, 0.2) is 68.7 Å². The molecule has 0 radical (unpaired) electrons. The van der Waals surface area contributed by atoms with Crippen molar-refractivity contribution in [3.05, 3.63) is 76.1 Å². The van der Waals surface area contributed by atoms with Crippen LogP contribution in [-0.2, 0) is 24.3 Å². The van der Waals surface area contributed by atoms with Crippen LogP contribution in [0.3, 0.4) is 0 Å². The topological polar surface area (TPSA) is 148 Å². The summed E-state index contributed by atoms with van der Waals surface area (Å²) in [6, 6.07) is 11.3. The van der Waals surface area contributed by atoms with Crippen molar-refractivity contribution < 1.29 is 32.1 Å². The molecule has 0 atom stereocenters. The Balaban J connectivity index is 1.56. The maximum Gasteiger partial charge on any atom is 0.339 e. The molecule has 0 bridgehead atoms. The van der Waals surface area contributed by atoms with Crippen molar-refractivity contribution >= 4 is 56.7 Å². The van der Waals surface area contributed by atoms with E-state index in [9.17, 15) is 22.8 Å². The molecule has 0 fully saturated rings. The normalized spacial score (nSPS) is 13.8. The largest absolute Gasteiger partial charge is 0.465 e. The second-order valence-corrected chi connectivity index (χ2v) is 9.68. The van der Waals surface area contributed by atoms with E-state index in [0.717, 1.165) is 4.90 Å². The van der Waals surface area contributed by atoms with Crippen LogP contribution >= 0.6 is 11.6 Å². The summed E-state index contributed by atoms with van der Waals surface area (Å²) in [7, 11) is -2.80. The first-order chi connectivity index (χ1) is 17.0. The molecule has 1 aliphatic rings. The molecule has 4 rings (SSSR count). The Bertz CT molecular complexity index is 1530. The molecular formula is C23H19ClN4O7S. The van der Waals surface area contributed by atoms with Crippen molar-refractivity contribution in [1.82, 2.24) is 5.16 Å². The number of ether oxygens (including phenoxy) is 1.